The van der Waals surface area contributed by atoms with E-state index in [-0.39, 0.29) is 10.9 Å². The van der Waals surface area contributed by atoms with Gasteiger partial charge in [-0.15, -0.1) is 0 Å². The fourth-order valence-corrected chi connectivity index (χ4v) is 3.05. The van der Waals surface area contributed by atoms with Crippen LogP contribution in [-0.4, -0.2) is 20.2 Å². The molecule has 3 rings (SSSR count). The molecule has 0 aliphatic heterocycles. The maximum Gasteiger partial charge on any atom is 0.261 e. The van der Waals surface area contributed by atoms with Gasteiger partial charge in [0.05, 0.1) is 0 Å². The molecule has 2 aromatic carbocycles. The molecule has 0 radical (unpaired) electrons. The molecular formula is C19H16N2O2S. The van der Waals surface area contributed by atoms with E-state index >= 15 is 0 Å². The number of aromatic nitrogens is 2. The van der Waals surface area contributed by atoms with E-state index in [4.69, 9.17) is 0 Å². The Morgan fingerprint density at radius 1 is 0.958 bits per heavy atom. The lowest BCUT2D eigenvalue weighted by Crippen LogP contribution is -2.01. The van der Waals surface area contributed by atoms with Crippen molar-refractivity contribution in [3.63, 3.8) is 0 Å². The van der Waals surface area contributed by atoms with Crippen LogP contribution in [0.5, 0.6) is 5.75 Å². The fraction of sp³-hybridized carbons (Fsp3) is 0.105. The number of aryl methyl sites for hydroxylation is 2. The number of aromatic hydroxyl groups is 1. The molecule has 3 aromatic rings. The van der Waals surface area contributed by atoms with Crippen molar-refractivity contribution in [2.75, 3.05) is 0 Å². The summed E-state index contributed by atoms with van der Waals surface area (Å²) in [5.41, 5.74) is 3.31. The van der Waals surface area contributed by atoms with Gasteiger partial charge in [-0.05, 0) is 66.6 Å². The minimum absolute atomic E-state index is 0.180. The Morgan fingerprint density at radius 2 is 1.54 bits per heavy atom. The Balaban J connectivity index is 1.82. The molecule has 1 heterocycles. The van der Waals surface area contributed by atoms with Gasteiger partial charge >= 0.3 is 0 Å². The maximum atomic E-state index is 12.2. The number of carbonyl (C=O) groups is 1. The van der Waals surface area contributed by atoms with E-state index in [0.29, 0.717) is 5.75 Å². The van der Waals surface area contributed by atoms with Crippen LogP contribution in [-0.2, 0) is 0 Å². The van der Waals surface area contributed by atoms with Crippen LogP contribution in [0.25, 0.3) is 11.1 Å². The third-order valence-corrected chi connectivity index (χ3v) is 4.49. The smallest absolute Gasteiger partial charge is 0.261 e. The standard InChI is InChI=1S/C19H16N2O2S/c1-12-8-14(9-13(2)17(12)22)15-10-20-18(21-11-15)19(23)24-16-6-4-3-5-7-16/h3-11,22H,1-2H3. The summed E-state index contributed by atoms with van der Waals surface area (Å²) in [7, 11) is 0. The van der Waals surface area contributed by atoms with Crippen molar-refractivity contribution in [2.45, 2.75) is 18.7 Å². The zero-order valence-corrected chi connectivity index (χ0v) is 14.2. The van der Waals surface area contributed by atoms with Crippen LogP contribution in [0.4, 0.5) is 0 Å². The first-order valence-corrected chi connectivity index (χ1v) is 8.26. The van der Waals surface area contributed by atoms with Gasteiger partial charge in [-0.25, -0.2) is 9.97 Å². The summed E-state index contributed by atoms with van der Waals surface area (Å²) in [6, 6.07) is 13.2. The lowest BCUT2D eigenvalue weighted by atomic mass is 10.0. The Kier molecular flexibility index (Phi) is 4.62. The zero-order chi connectivity index (χ0) is 17.1. The SMILES string of the molecule is Cc1cc(-c2cnc(C(=O)Sc3ccccc3)nc2)cc(C)c1O. The summed E-state index contributed by atoms with van der Waals surface area (Å²) in [5.74, 6) is 0.477. The second-order valence-electron chi connectivity index (χ2n) is 5.46. The van der Waals surface area contributed by atoms with E-state index in [1.807, 2.05) is 56.3 Å². The van der Waals surface area contributed by atoms with Gasteiger partial charge in [0, 0.05) is 22.9 Å². The Bertz CT molecular complexity index is 855. The van der Waals surface area contributed by atoms with E-state index < -0.39 is 0 Å². The van der Waals surface area contributed by atoms with Crippen LogP contribution in [0.1, 0.15) is 21.7 Å². The third-order valence-electron chi connectivity index (χ3n) is 3.61. The average molecular weight is 336 g/mol. The molecule has 4 nitrogen and oxygen atoms in total. The molecule has 0 aliphatic rings. The minimum atomic E-state index is -0.189. The quantitative estimate of drug-likeness (QED) is 0.718. The lowest BCUT2D eigenvalue weighted by Gasteiger charge is -2.08. The lowest BCUT2D eigenvalue weighted by molar-refractivity contribution is 0.108. The number of phenolic OH excluding ortho intramolecular Hbond substituents is 1. The van der Waals surface area contributed by atoms with Gasteiger partial charge in [-0.2, -0.15) is 0 Å². The van der Waals surface area contributed by atoms with E-state index in [1.165, 1.54) is 0 Å². The summed E-state index contributed by atoms with van der Waals surface area (Å²) >= 11 is 1.11. The summed E-state index contributed by atoms with van der Waals surface area (Å²) in [6.07, 6.45) is 3.27. The van der Waals surface area contributed by atoms with Crippen molar-refractivity contribution in [3.8, 4) is 16.9 Å². The fourth-order valence-electron chi connectivity index (χ4n) is 2.35. The molecule has 0 atom stereocenters. The predicted octanol–water partition coefficient (Wildman–Crippen LogP) is 4.40. The number of nitrogens with zero attached hydrogens (tertiary/aromatic N) is 2. The molecule has 1 N–H and O–H groups in total. The molecule has 24 heavy (non-hydrogen) atoms. The van der Waals surface area contributed by atoms with Gasteiger partial charge < -0.3 is 5.11 Å². The van der Waals surface area contributed by atoms with Crippen molar-refractivity contribution in [3.05, 3.63) is 71.8 Å². The first-order valence-electron chi connectivity index (χ1n) is 7.44. The highest BCUT2D eigenvalue weighted by atomic mass is 32.2. The Hall–Kier alpha value is -2.66. The van der Waals surface area contributed by atoms with Crippen molar-refractivity contribution < 1.29 is 9.90 Å². The van der Waals surface area contributed by atoms with E-state index in [9.17, 15) is 9.90 Å². The second kappa shape index (κ2) is 6.84. The highest BCUT2D eigenvalue weighted by Crippen LogP contribution is 2.28. The van der Waals surface area contributed by atoms with Crippen LogP contribution in [0.15, 0.2) is 59.8 Å². The molecule has 5 heteroatoms. The first kappa shape index (κ1) is 16.2. The Morgan fingerprint density at radius 3 is 2.12 bits per heavy atom. The highest BCUT2D eigenvalue weighted by molar-refractivity contribution is 8.14. The number of hydrogen-bond acceptors (Lipinski definition) is 5. The molecule has 0 amide bonds. The van der Waals surface area contributed by atoms with E-state index in [1.54, 1.807) is 12.4 Å². The number of benzene rings is 2. The summed E-state index contributed by atoms with van der Waals surface area (Å²) in [6.45, 7) is 3.70. The summed E-state index contributed by atoms with van der Waals surface area (Å²) in [4.78, 5) is 21.5. The molecule has 1 aromatic heterocycles. The molecule has 0 unspecified atom stereocenters. The van der Waals surface area contributed by atoms with Crippen molar-refractivity contribution in [1.29, 1.82) is 0 Å². The molecule has 0 spiro atoms. The third kappa shape index (κ3) is 3.46. The van der Waals surface area contributed by atoms with Crippen molar-refractivity contribution >= 4 is 16.9 Å². The van der Waals surface area contributed by atoms with Gasteiger partial charge in [0.2, 0.25) is 5.82 Å². The molecule has 120 valence electrons. The number of carbonyl (C=O) groups excluding carboxylic acids is 1. The zero-order valence-electron chi connectivity index (χ0n) is 13.4. The second-order valence-corrected chi connectivity index (χ2v) is 6.50. The normalized spacial score (nSPS) is 10.6. The van der Waals surface area contributed by atoms with Gasteiger partial charge in [-0.1, -0.05) is 18.2 Å². The summed E-state index contributed by atoms with van der Waals surface area (Å²) in [5, 5.41) is 9.67. The molecule has 0 bridgehead atoms. The van der Waals surface area contributed by atoms with E-state index in [2.05, 4.69) is 9.97 Å². The number of phenols is 1. The number of rotatable bonds is 3. The molecule has 0 saturated heterocycles. The van der Waals surface area contributed by atoms with Crippen molar-refractivity contribution in [1.82, 2.24) is 9.97 Å². The van der Waals surface area contributed by atoms with Crippen LogP contribution in [0, 0.1) is 13.8 Å². The molecule has 0 saturated carbocycles. The summed E-state index contributed by atoms with van der Waals surface area (Å²) < 4.78 is 0. The van der Waals surface area contributed by atoms with Gasteiger partial charge in [-0.3, -0.25) is 4.79 Å². The maximum absolute atomic E-state index is 12.2. The van der Waals surface area contributed by atoms with Crippen molar-refractivity contribution in [2.24, 2.45) is 0 Å². The average Bonchev–Trinajstić information content (AvgIpc) is 2.60. The number of hydrogen-bond donors (Lipinski definition) is 1. The highest BCUT2D eigenvalue weighted by Gasteiger charge is 2.12. The van der Waals surface area contributed by atoms with Crippen LogP contribution < -0.4 is 0 Å². The van der Waals surface area contributed by atoms with Crippen LogP contribution in [0.2, 0.25) is 0 Å². The number of thioether (sulfide) groups is 1. The van der Waals surface area contributed by atoms with Crippen LogP contribution in [0.3, 0.4) is 0 Å². The van der Waals surface area contributed by atoms with Gasteiger partial charge in [0.15, 0.2) is 0 Å². The van der Waals surface area contributed by atoms with Gasteiger partial charge in [0.25, 0.3) is 5.12 Å². The topological polar surface area (TPSA) is 63.1 Å². The largest absolute Gasteiger partial charge is 0.507 e. The predicted molar refractivity (Wildman–Crippen MR) is 95.2 cm³/mol. The first-order chi connectivity index (χ1) is 11.5. The monoisotopic (exact) mass is 336 g/mol. The van der Waals surface area contributed by atoms with E-state index in [0.717, 1.165) is 38.9 Å². The van der Waals surface area contributed by atoms with Gasteiger partial charge in [0.1, 0.15) is 5.75 Å². The van der Waals surface area contributed by atoms with Crippen LogP contribution >= 0.6 is 11.8 Å². The molecular weight excluding hydrogens is 320 g/mol. The molecule has 0 aliphatic carbocycles. The minimum Gasteiger partial charge on any atom is -0.507 e. The molecule has 0 fully saturated rings. The Labute approximate surface area is 144 Å².